The predicted molar refractivity (Wildman–Crippen MR) is 85.6 cm³/mol. The van der Waals surface area contributed by atoms with Crippen LogP contribution in [0.15, 0.2) is 54.6 Å². The zero-order chi connectivity index (χ0) is 16.5. The first-order chi connectivity index (χ1) is 11.2. The molecule has 0 bridgehead atoms. The molecule has 0 aromatic heterocycles. The second-order valence-corrected chi connectivity index (χ2v) is 5.04. The van der Waals surface area contributed by atoms with Crippen molar-refractivity contribution in [3.63, 3.8) is 0 Å². The number of hydrogen-bond acceptors (Lipinski definition) is 3. The molecule has 2 aromatic carbocycles. The van der Waals surface area contributed by atoms with Crippen molar-refractivity contribution in [3.05, 3.63) is 66.0 Å². The number of carbonyl (C=O) groups excluding carboxylic acids is 1. The van der Waals surface area contributed by atoms with Crippen molar-refractivity contribution in [2.24, 2.45) is 0 Å². The number of carbonyl (C=O) groups is 1. The van der Waals surface area contributed by atoms with Crippen LogP contribution in [0.1, 0.15) is 5.56 Å². The Morgan fingerprint density at radius 3 is 2.43 bits per heavy atom. The smallest absolute Gasteiger partial charge is 0.260 e. The SMILES string of the molecule is COCCN(Cc1ccccc1)C(=O)COc1ccc(F)cc1. The van der Waals surface area contributed by atoms with Crippen LogP contribution in [0, 0.1) is 5.82 Å². The van der Waals surface area contributed by atoms with Crippen molar-refractivity contribution in [1.82, 2.24) is 4.90 Å². The molecular formula is C18H20FNO3. The van der Waals surface area contributed by atoms with Crippen molar-refractivity contribution in [3.8, 4) is 5.75 Å². The maximum Gasteiger partial charge on any atom is 0.260 e. The van der Waals surface area contributed by atoms with Crippen LogP contribution in [0.4, 0.5) is 4.39 Å². The van der Waals surface area contributed by atoms with Gasteiger partial charge in [-0.2, -0.15) is 0 Å². The molecule has 0 heterocycles. The van der Waals surface area contributed by atoms with Gasteiger partial charge in [-0.1, -0.05) is 30.3 Å². The van der Waals surface area contributed by atoms with Crippen molar-refractivity contribution >= 4 is 5.91 Å². The Morgan fingerprint density at radius 2 is 1.78 bits per heavy atom. The minimum atomic E-state index is -0.338. The van der Waals surface area contributed by atoms with E-state index in [0.717, 1.165) is 5.56 Å². The van der Waals surface area contributed by atoms with Gasteiger partial charge in [0.2, 0.25) is 0 Å². The highest BCUT2D eigenvalue weighted by molar-refractivity contribution is 5.77. The normalized spacial score (nSPS) is 10.3. The summed E-state index contributed by atoms with van der Waals surface area (Å²) in [4.78, 5) is 14.0. The number of hydrogen-bond donors (Lipinski definition) is 0. The van der Waals surface area contributed by atoms with Crippen LogP contribution >= 0.6 is 0 Å². The second-order valence-electron chi connectivity index (χ2n) is 5.04. The Kier molecular flexibility index (Phi) is 6.56. The standard InChI is InChI=1S/C18H20FNO3/c1-22-12-11-20(13-15-5-3-2-4-6-15)18(21)14-23-17-9-7-16(19)8-10-17/h2-10H,11-14H2,1H3. The van der Waals surface area contributed by atoms with Gasteiger partial charge in [0.05, 0.1) is 6.61 Å². The van der Waals surface area contributed by atoms with Crippen molar-refractivity contribution in [2.75, 3.05) is 26.9 Å². The highest BCUT2D eigenvalue weighted by Crippen LogP contribution is 2.12. The van der Waals surface area contributed by atoms with E-state index in [-0.39, 0.29) is 18.3 Å². The molecule has 5 heteroatoms. The molecule has 0 spiro atoms. The topological polar surface area (TPSA) is 38.8 Å². The van der Waals surface area contributed by atoms with Gasteiger partial charge < -0.3 is 14.4 Å². The van der Waals surface area contributed by atoms with E-state index in [4.69, 9.17) is 9.47 Å². The first-order valence-corrected chi connectivity index (χ1v) is 7.38. The van der Waals surface area contributed by atoms with Gasteiger partial charge in [-0.25, -0.2) is 4.39 Å². The van der Waals surface area contributed by atoms with Crippen LogP contribution in [-0.4, -0.2) is 37.7 Å². The molecule has 4 nitrogen and oxygen atoms in total. The van der Waals surface area contributed by atoms with Gasteiger partial charge in [-0.05, 0) is 29.8 Å². The van der Waals surface area contributed by atoms with E-state index >= 15 is 0 Å². The van der Waals surface area contributed by atoms with E-state index in [2.05, 4.69) is 0 Å². The summed E-state index contributed by atoms with van der Waals surface area (Å²) in [5.74, 6) is -0.0177. The summed E-state index contributed by atoms with van der Waals surface area (Å²) in [6.45, 7) is 1.34. The highest BCUT2D eigenvalue weighted by Gasteiger charge is 2.14. The summed E-state index contributed by atoms with van der Waals surface area (Å²) >= 11 is 0. The van der Waals surface area contributed by atoms with Crippen LogP contribution in [0.5, 0.6) is 5.75 Å². The molecule has 0 atom stereocenters. The molecule has 0 radical (unpaired) electrons. The Hall–Kier alpha value is -2.40. The van der Waals surface area contributed by atoms with Gasteiger partial charge in [-0.3, -0.25) is 4.79 Å². The van der Waals surface area contributed by atoms with Crippen LogP contribution in [0.2, 0.25) is 0 Å². The lowest BCUT2D eigenvalue weighted by atomic mass is 10.2. The van der Waals surface area contributed by atoms with Gasteiger partial charge in [0, 0.05) is 20.2 Å². The summed E-state index contributed by atoms with van der Waals surface area (Å²) < 4.78 is 23.3. The molecule has 0 aliphatic carbocycles. The number of nitrogens with zero attached hydrogens (tertiary/aromatic N) is 1. The zero-order valence-corrected chi connectivity index (χ0v) is 13.1. The monoisotopic (exact) mass is 317 g/mol. The molecule has 2 aromatic rings. The van der Waals surface area contributed by atoms with Crippen molar-refractivity contribution < 1.29 is 18.7 Å². The molecule has 0 saturated carbocycles. The first kappa shape index (κ1) is 17.0. The third-order valence-electron chi connectivity index (χ3n) is 3.31. The molecule has 23 heavy (non-hydrogen) atoms. The fourth-order valence-electron chi connectivity index (χ4n) is 2.06. The molecule has 0 aliphatic heterocycles. The minimum absolute atomic E-state index is 0.0951. The van der Waals surface area contributed by atoms with Gasteiger partial charge >= 0.3 is 0 Å². The van der Waals surface area contributed by atoms with Crippen molar-refractivity contribution in [2.45, 2.75) is 6.54 Å². The van der Waals surface area contributed by atoms with Gasteiger partial charge in [0.1, 0.15) is 11.6 Å². The minimum Gasteiger partial charge on any atom is -0.484 e. The average Bonchev–Trinajstić information content (AvgIpc) is 2.58. The number of methoxy groups -OCH3 is 1. The molecular weight excluding hydrogens is 297 g/mol. The van der Waals surface area contributed by atoms with Crippen molar-refractivity contribution in [1.29, 1.82) is 0 Å². The fraction of sp³-hybridized carbons (Fsp3) is 0.278. The lowest BCUT2D eigenvalue weighted by Gasteiger charge is -2.22. The third kappa shape index (κ3) is 5.71. The van der Waals surface area contributed by atoms with Gasteiger partial charge in [0.15, 0.2) is 6.61 Å². The van der Waals surface area contributed by atoms with Gasteiger partial charge in [-0.15, -0.1) is 0 Å². The molecule has 0 unspecified atom stereocenters. The van der Waals surface area contributed by atoms with E-state index < -0.39 is 0 Å². The van der Waals surface area contributed by atoms with Crippen LogP contribution in [-0.2, 0) is 16.1 Å². The molecule has 0 saturated heterocycles. The Morgan fingerprint density at radius 1 is 1.09 bits per heavy atom. The Balaban J connectivity index is 1.94. The summed E-state index contributed by atoms with van der Waals surface area (Å²) in [5, 5.41) is 0. The summed E-state index contributed by atoms with van der Waals surface area (Å²) in [5.41, 5.74) is 1.04. The fourth-order valence-corrected chi connectivity index (χ4v) is 2.06. The van der Waals surface area contributed by atoms with Crippen LogP contribution < -0.4 is 4.74 Å². The summed E-state index contributed by atoms with van der Waals surface area (Å²) in [6.07, 6.45) is 0. The van der Waals surface area contributed by atoms with Crippen LogP contribution in [0.25, 0.3) is 0 Å². The Bertz CT molecular complexity index is 601. The molecule has 122 valence electrons. The Labute approximate surface area is 135 Å². The van der Waals surface area contributed by atoms with Gasteiger partial charge in [0.25, 0.3) is 5.91 Å². The van der Waals surface area contributed by atoms with E-state index in [1.165, 1.54) is 24.3 Å². The molecule has 0 aliphatic rings. The predicted octanol–water partition coefficient (Wildman–Crippen LogP) is 2.88. The number of benzene rings is 2. The highest BCUT2D eigenvalue weighted by atomic mass is 19.1. The molecule has 2 rings (SSSR count). The second kappa shape index (κ2) is 8.90. The molecule has 0 fully saturated rings. The lowest BCUT2D eigenvalue weighted by molar-refractivity contribution is -0.134. The number of halogens is 1. The number of ether oxygens (including phenoxy) is 2. The summed E-state index contributed by atoms with van der Waals surface area (Å²) in [7, 11) is 1.60. The van der Waals surface area contributed by atoms with E-state index in [0.29, 0.717) is 25.4 Å². The summed E-state index contributed by atoms with van der Waals surface area (Å²) in [6, 6.07) is 15.3. The van der Waals surface area contributed by atoms with E-state index in [1.54, 1.807) is 12.0 Å². The van der Waals surface area contributed by atoms with Crippen LogP contribution in [0.3, 0.4) is 0 Å². The van der Waals surface area contributed by atoms with E-state index in [9.17, 15) is 9.18 Å². The number of rotatable bonds is 8. The molecule has 1 amide bonds. The lowest BCUT2D eigenvalue weighted by Crippen LogP contribution is -2.36. The average molecular weight is 317 g/mol. The zero-order valence-electron chi connectivity index (χ0n) is 13.1. The largest absolute Gasteiger partial charge is 0.484 e. The first-order valence-electron chi connectivity index (χ1n) is 7.38. The molecule has 0 N–H and O–H groups in total. The third-order valence-corrected chi connectivity index (χ3v) is 3.31. The van der Waals surface area contributed by atoms with E-state index in [1.807, 2.05) is 30.3 Å². The number of amides is 1. The quantitative estimate of drug-likeness (QED) is 0.751. The maximum absolute atomic E-state index is 12.9. The maximum atomic E-state index is 12.9.